The molecule has 1 unspecified atom stereocenters. The van der Waals surface area contributed by atoms with Gasteiger partial charge >= 0.3 is 0 Å². The average molecular weight is 1610 g/mol. The maximum absolute atomic E-state index is 14.2. The number of hydrogen-bond acceptors (Lipinski definition) is 24. The third-order valence-corrected chi connectivity index (χ3v) is 21.0. The molecule has 4 aromatic carbocycles. The van der Waals surface area contributed by atoms with Crippen LogP contribution in [0.3, 0.4) is 0 Å². The van der Waals surface area contributed by atoms with Gasteiger partial charge in [-0.1, -0.05) is 70.6 Å². The summed E-state index contributed by atoms with van der Waals surface area (Å²) < 4.78 is 79.3. The molecular weight excluding hydrogens is 1500 g/mol. The Hall–Kier alpha value is -9.86. The molecule has 31 heteroatoms. The maximum atomic E-state index is 14.2. The minimum absolute atomic E-state index is 0.0117. The van der Waals surface area contributed by atoms with Gasteiger partial charge in [0.15, 0.2) is 34.5 Å². The highest BCUT2D eigenvalue weighted by atomic mass is 16.7. The lowest BCUT2D eigenvalue weighted by Crippen LogP contribution is -2.53. The largest absolute Gasteiger partial charge is 0.493 e. The van der Waals surface area contributed by atoms with E-state index >= 15 is 0 Å². The Labute approximate surface area is 677 Å². The normalized spacial score (nSPS) is 18.2. The molecular formula is C85H111N9O22. The highest BCUT2D eigenvalue weighted by molar-refractivity contribution is 6.07. The summed E-state index contributed by atoms with van der Waals surface area (Å²) in [6.07, 6.45) is 18.2. The molecule has 0 spiro atoms. The van der Waals surface area contributed by atoms with E-state index in [-0.39, 0.29) is 124 Å². The van der Waals surface area contributed by atoms with E-state index in [1.807, 2.05) is 42.7 Å². The van der Waals surface area contributed by atoms with Gasteiger partial charge in [-0.05, 0) is 90.3 Å². The Morgan fingerprint density at radius 2 is 1.00 bits per heavy atom. The first-order valence-corrected chi connectivity index (χ1v) is 40.5. The van der Waals surface area contributed by atoms with Crippen LogP contribution in [-0.4, -0.2) is 252 Å². The maximum Gasteiger partial charge on any atom is 0.260 e. The number of nitrogens with one attached hydrogen (secondary N) is 4. The fraction of sp³-hybridized carbons (Fsp3) is 0.553. The summed E-state index contributed by atoms with van der Waals surface area (Å²) in [5.74, 6) is 0.366. The molecule has 1 saturated carbocycles. The summed E-state index contributed by atoms with van der Waals surface area (Å²) in [6, 6.07) is 17.1. The second-order valence-electron chi connectivity index (χ2n) is 29.5. The van der Waals surface area contributed by atoms with Crippen molar-refractivity contribution in [1.82, 2.24) is 30.7 Å². The van der Waals surface area contributed by atoms with Gasteiger partial charge in [0, 0.05) is 94.3 Å². The quantitative estimate of drug-likeness (QED) is 0.0237. The fourth-order valence-corrected chi connectivity index (χ4v) is 14.6. The first-order valence-electron chi connectivity index (χ1n) is 40.5. The number of benzene rings is 4. The Kier molecular flexibility index (Phi) is 33.8. The van der Waals surface area contributed by atoms with Crippen molar-refractivity contribution >= 4 is 87.9 Å². The van der Waals surface area contributed by atoms with E-state index in [1.54, 1.807) is 79.4 Å². The predicted molar refractivity (Wildman–Crippen MR) is 429 cm³/mol. The van der Waals surface area contributed by atoms with Gasteiger partial charge in [-0.3, -0.25) is 53.2 Å². The van der Waals surface area contributed by atoms with Crippen molar-refractivity contribution in [1.29, 1.82) is 0 Å². The molecule has 8 amide bonds. The minimum atomic E-state index is -0.945. The van der Waals surface area contributed by atoms with Crippen LogP contribution in [-0.2, 0) is 66.7 Å². The van der Waals surface area contributed by atoms with Gasteiger partial charge in [0.05, 0.1) is 174 Å². The second kappa shape index (κ2) is 45.0. The number of anilines is 1. The van der Waals surface area contributed by atoms with Crippen molar-refractivity contribution in [2.45, 2.75) is 135 Å². The van der Waals surface area contributed by atoms with Crippen molar-refractivity contribution in [3.05, 3.63) is 101 Å². The van der Waals surface area contributed by atoms with Gasteiger partial charge in [0.25, 0.3) is 11.8 Å². The van der Waals surface area contributed by atoms with Crippen LogP contribution in [0.2, 0.25) is 0 Å². The summed E-state index contributed by atoms with van der Waals surface area (Å²) in [5.41, 5.74) is 5.77. The molecule has 0 aromatic heterocycles. The topological polar surface area (TPSA) is 348 Å². The molecule has 0 radical (unpaired) electrons. The molecule has 11 rings (SSSR count). The third kappa shape index (κ3) is 24.9. The number of methoxy groups -OCH3 is 2. The van der Waals surface area contributed by atoms with Crippen LogP contribution in [0, 0.1) is 17.8 Å². The number of imide groups is 1. The number of carbonyl (C=O) groups is 8. The molecule has 5 atom stereocenters. The zero-order chi connectivity index (χ0) is 81.6. The van der Waals surface area contributed by atoms with E-state index in [0.717, 1.165) is 48.0 Å². The number of amides is 8. The highest BCUT2D eigenvalue weighted by Gasteiger charge is 2.43. The fourth-order valence-electron chi connectivity index (χ4n) is 14.6. The summed E-state index contributed by atoms with van der Waals surface area (Å²) in [4.78, 5) is 120. The van der Waals surface area contributed by atoms with Gasteiger partial charge < -0.3 is 97.4 Å². The molecule has 6 heterocycles. The van der Waals surface area contributed by atoms with Gasteiger partial charge in [0.1, 0.15) is 12.1 Å². The van der Waals surface area contributed by atoms with Crippen LogP contribution in [0.5, 0.6) is 34.5 Å². The number of hydrogen-bond donors (Lipinski definition) is 4. The van der Waals surface area contributed by atoms with Gasteiger partial charge in [-0.2, -0.15) is 0 Å². The van der Waals surface area contributed by atoms with Crippen LogP contribution in [0.1, 0.15) is 143 Å². The molecule has 2 fully saturated rings. The zero-order valence-corrected chi connectivity index (χ0v) is 67.2. The van der Waals surface area contributed by atoms with E-state index < -0.39 is 23.9 Å². The third-order valence-electron chi connectivity index (χ3n) is 21.0. The van der Waals surface area contributed by atoms with Gasteiger partial charge in [0.2, 0.25) is 42.2 Å². The SMILES string of the molecule is COc1cc2c(cc1OCCCOc1cc3c(cc1OC)C(=O)N1C=C(c4ccc5c(c4)OCO5)C[C@H]1C=N3)N=C[C@@H]1CC(c3ccc(NC(=O)[C@H](C)NC(=O)[C@@H](NC(=O)CCOCCOCCOCCOCCOCCOCCOCCOCCNC(=O)CCN4C(=O)CC(C5CCCCCCCC5)C4=O)C(C)C)cc3)=CN1C2=O. The van der Waals surface area contributed by atoms with Crippen molar-refractivity contribution in [3.63, 3.8) is 0 Å². The number of rotatable bonds is 47. The standard InChI is InChI=1S/C85H111N9O22/c1-56(2)80(91-78(96)22-27-105-29-31-107-33-35-109-37-39-111-41-42-112-40-38-110-36-34-108-32-30-106-28-23-86-77(95)21-24-92-79(97)48-66(83(92)100)59-13-10-8-6-7-9-11-14-59)82(99)89-57(3)81(98)90-63-18-15-58(16-19-63)61-43-64-51-87-69-49-75(72(103-4)46-67(69)84(101)93(64)53-61)113-25-12-26-114-76-50-70-68(47-73(76)104-5)85(102)94-54-62(44-65(94)52-88-70)60-17-20-71-74(45-60)116-55-115-71/h15-20,45-47,49-54,56-57,59,64-66,80H,6-14,21-44,48,55H2,1-5H3,(H,86,95)(H,89,99)(H,90,98)(H,91,96)/t57-,64-,65-,66?,80-/m0/s1. The van der Waals surface area contributed by atoms with E-state index in [2.05, 4.69) is 21.3 Å². The second-order valence-corrected chi connectivity index (χ2v) is 29.5. The molecule has 4 aromatic rings. The Morgan fingerprint density at radius 1 is 0.509 bits per heavy atom. The number of fused-ring (bicyclic) bond motifs is 5. The number of nitrogens with zero attached hydrogens (tertiary/aromatic N) is 5. The monoisotopic (exact) mass is 1610 g/mol. The van der Waals surface area contributed by atoms with Crippen molar-refractivity contribution in [3.8, 4) is 34.5 Å². The molecule has 6 aliphatic heterocycles. The Morgan fingerprint density at radius 3 is 1.53 bits per heavy atom. The summed E-state index contributed by atoms with van der Waals surface area (Å²) in [6.45, 7) is 11.9. The minimum Gasteiger partial charge on any atom is -0.493 e. The molecule has 7 aliphatic rings. The van der Waals surface area contributed by atoms with Gasteiger partial charge in [-0.15, -0.1) is 0 Å². The molecule has 116 heavy (non-hydrogen) atoms. The van der Waals surface area contributed by atoms with Crippen LogP contribution >= 0.6 is 0 Å². The van der Waals surface area contributed by atoms with Crippen molar-refractivity contribution in [2.75, 3.05) is 158 Å². The number of ether oxygens (including phenoxy) is 14. The summed E-state index contributed by atoms with van der Waals surface area (Å²) in [7, 11) is 3.02. The number of likely N-dealkylation sites (tertiary alicyclic amines) is 1. The summed E-state index contributed by atoms with van der Waals surface area (Å²) >= 11 is 0. The molecule has 4 N–H and O–H groups in total. The molecule has 31 nitrogen and oxygen atoms in total. The van der Waals surface area contributed by atoms with Crippen LogP contribution in [0.25, 0.3) is 11.1 Å². The van der Waals surface area contributed by atoms with Crippen LogP contribution < -0.4 is 49.7 Å². The molecule has 628 valence electrons. The molecule has 0 bridgehead atoms. The lowest BCUT2D eigenvalue weighted by molar-refractivity contribution is -0.140. The molecule has 1 saturated heterocycles. The van der Waals surface area contributed by atoms with Crippen LogP contribution in [0.4, 0.5) is 17.1 Å². The van der Waals surface area contributed by atoms with E-state index in [4.69, 9.17) is 76.3 Å². The predicted octanol–water partition coefficient (Wildman–Crippen LogP) is 8.96. The van der Waals surface area contributed by atoms with Gasteiger partial charge in [-0.25, -0.2) is 0 Å². The van der Waals surface area contributed by atoms with Crippen molar-refractivity contribution < 1.29 is 105 Å². The van der Waals surface area contributed by atoms with Crippen molar-refractivity contribution in [2.24, 2.45) is 27.7 Å². The first kappa shape index (κ1) is 87.0. The first-order chi connectivity index (χ1) is 56.5. The Bertz CT molecular complexity index is 4120. The lowest BCUT2D eigenvalue weighted by atomic mass is 9.83. The number of carbonyl (C=O) groups excluding carboxylic acids is 8. The Balaban J connectivity index is 0.479. The highest BCUT2D eigenvalue weighted by Crippen LogP contribution is 2.44. The average Bonchev–Trinajstić information content (AvgIpc) is 1.73. The lowest BCUT2D eigenvalue weighted by Gasteiger charge is -2.24. The zero-order valence-electron chi connectivity index (χ0n) is 67.2. The van der Waals surface area contributed by atoms with E-state index in [0.29, 0.717) is 181 Å². The van der Waals surface area contributed by atoms with E-state index in [1.165, 1.54) is 44.8 Å². The summed E-state index contributed by atoms with van der Waals surface area (Å²) in [5, 5.41) is 11.2. The number of aliphatic imine (C=N–C) groups is 2. The smallest absolute Gasteiger partial charge is 0.260 e. The van der Waals surface area contributed by atoms with Crippen LogP contribution in [0.15, 0.2) is 89.1 Å². The van der Waals surface area contributed by atoms with E-state index in [9.17, 15) is 38.4 Å². The molecule has 1 aliphatic carbocycles.